The van der Waals surface area contributed by atoms with Crippen LogP contribution in [0.4, 0.5) is 5.69 Å². The third-order valence-electron chi connectivity index (χ3n) is 2.20. The Hall–Kier alpha value is -1.63. The molecule has 1 atom stereocenters. The van der Waals surface area contributed by atoms with Gasteiger partial charge in [0.15, 0.2) is 5.75 Å². The van der Waals surface area contributed by atoms with Gasteiger partial charge in [-0.25, -0.2) is 0 Å². The number of carboxylic acids is 1. The lowest BCUT2D eigenvalue weighted by Crippen LogP contribution is -2.17. The van der Waals surface area contributed by atoms with Crippen LogP contribution in [-0.4, -0.2) is 22.1 Å². The highest BCUT2D eigenvalue weighted by Gasteiger charge is 2.21. The summed E-state index contributed by atoms with van der Waals surface area (Å²) in [7, 11) is 0. The van der Waals surface area contributed by atoms with Crippen molar-refractivity contribution in [3.8, 4) is 5.75 Å². The Morgan fingerprint density at radius 3 is 2.72 bits per heavy atom. The zero-order valence-electron chi connectivity index (χ0n) is 9.84. The van der Waals surface area contributed by atoms with Gasteiger partial charge in [0.2, 0.25) is 0 Å². The van der Waals surface area contributed by atoms with E-state index in [4.69, 9.17) is 9.84 Å². The summed E-state index contributed by atoms with van der Waals surface area (Å²) in [5.74, 6) is -0.906. The minimum Gasteiger partial charge on any atom is -0.483 e. The number of benzene rings is 1. The summed E-state index contributed by atoms with van der Waals surface area (Å²) in [4.78, 5) is 20.9. The first-order chi connectivity index (χ1) is 8.31. The third-order valence-corrected chi connectivity index (χ3v) is 2.66. The molecule has 0 aromatic heterocycles. The fourth-order valence-electron chi connectivity index (χ4n) is 1.49. The maximum atomic E-state index is 10.9. The molecule has 0 unspecified atom stereocenters. The lowest BCUT2D eigenvalue weighted by Gasteiger charge is -2.15. The first-order valence-electron chi connectivity index (χ1n) is 5.14. The molecule has 0 radical (unpaired) electrons. The van der Waals surface area contributed by atoms with Crippen LogP contribution in [0.3, 0.4) is 0 Å². The van der Waals surface area contributed by atoms with Crippen molar-refractivity contribution in [2.24, 2.45) is 0 Å². The molecular formula is C11H12BrNO5. The molecule has 0 aliphatic heterocycles. The second-order valence-corrected chi connectivity index (χ2v) is 4.77. The zero-order valence-corrected chi connectivity index (χ0v) is 11.4. The highest BCUT2D eigenvalue weighted by Crippen LogP contribution is 2.34. The van der Waals surface area contributed by atoms with Crippen LogP contribution < -0.4 is 4.74 Å². The first kappa shape index (κ1) is 14.4. The first-order valence-corrected chi connectivity index (χ1v) is 5.93. The number of hydrogen-bond acceptors (Lipinski definition) is 4. The molecule has 0 saturated carbocycles. The van der Waals surface area contributed by atoms with Crippen LogP contribution in [0.2, 0.25) is 0 Å². The Kier molecular flexibility index (Phi) is 4.66. The molecule has 0 aliphatic carbocycles. The molecular weight excluding hydrogens is 306 g/mol. The summed E-state index contributed by atoms with van der Waals surface area (Å²) in [6.07, 6.45) is -0.854. The van der Waals surface area contributed by atoms with Gasteiger partial charge < -0.3 is 9.84 Å². The number of halogens is 1. The predicted molar refractivity (Wildman–Crippen MR) is 67.9 cm³/mol. The number of hydrogen-bond donors (Lipinski definition) is 1. The molecule has 0 amide bonds. The number of aliphatic carboxylic acids is 1. The normalized spacial score (nSPS) is 11.9. The van der Waals surface area contributed by atoms with Crippen LogP contribution in [0, 0.1) is 17.0 Å². The number of nitrogens with zero attached hydrogens (tertiary/aromatic N) is 1. The monoisotopic (exact) mass is 317 g/mol. The van der Waals surface area contributed by atoms with E-state index in [1.807, 2.05) is 0 Å². The van der Waals surface area contributed by atoms with Gasteiger partial charge in [0.25, 0.3) is 0 Å². The summed E-state index contributed by atoms with van der Waals surface area (Å²) in [5, 5.41) is 19.6. The zero-order chi connectivity index (χ0) is 13.9. The van der Waals surface area contributed by atoms with Crippen molar-refractivity contribution in [1.29, 1.82) is 0 Å². The van der Waals surface area contributed by atoms with Gasteiger partial charge >= 0.3 is 11.7 Å². The van der Waals surface area contributed by atoms with E-state index in [0.717, 1.165) is 0 Å². The number of aryl methyl sites for hydroxylation is 1. The van der Waals surface area contributed by atoms with E-state index in [2.05, 4.69) is 15.9 Å². The second kappa shape index (κ2) is 5.81. The average Bonchev–Trinajstić information content (AvgIpc) is 2.20. The van der Waals surface area contributed by atoms with E-state index in [0.29, 0.717) is 10.0 Å². The molecule has 1 aromatic carbocycles. The van der Waals surface area contributed by atoms with Gasteiger partial charge in [-0.3, -0.25) is 14.9 Å². The lowest BCUT2D eigenvalue weighted by atomic mass is 10.2. The summed E-state index contributed by atoms with van der Waals surface area (Å²) in [6.45, 7) is 3.22. The van der Waals surface area contributed by atoms with Gasteiger partial charge in [0.05, 0.1) is 11.3 Å². The van der Waals surface area contributed by atoms with Gasteiger partial charge in [-0.2, -0.15) is 0 Å². The molecule has 1 N–H and O–H groups in total. The third kappa shape index (κ3) is 3.69. The van der Waals surface area contributed by atoms with Crippen molar-refractivity contribution in [1.82, 2.24) is 0 Å². The van der Waals surface area contributed by atoms with Crippen LogP contribution in [-0.2, 0) is 4.79 Å². The van der Waals surface area contributed by atoms with Gasteiger partial charge in [0.1, 0.15) is 6.10 Å². The number of ether oxygens (including phenoxy) is 1. The van der Waals surface area contributed by atoms with E-state index in [1.165, 1.54) is 6.07 Å². The number of nitro benzene ring substituents is 1. The van der Waals surface area contributed by atoms with Crippen LogP contribution in [0.25, 0.3) is 0 Å². The molecule has 0 bridgehead atoms. The topological polar surface area (TPSA) is 89.7 Å². The molecule has 18 heavy (non-hydrogen) atoms. The van der Waals surface area contributed by atoms with E-state index in [-0.39, 0.29) is 17.9 Å². The Morgan fingerprint density at radius 1 is 1.61 bits per heavy atom. The van der Waals surface area contributed by atoms with Crippen molar-refractivity contribution in [3.63, 3.8) is 0 Å². The van der Waals surface area contributed by atoms with Crippen LogP contribution in [0.1, 0.15) is 18.9 Å². The molecule has 98 valence electrons. The van der Waals surface area contributed by atoms with Crippen LogP contribution in [0.15, 0.2) is 16.6 Å². The van der Waals surface area contributed by atoms with E-state index in [1.54, 1.807) is 19.9 Å². The van der Waals surface area contributed by atoms with Crippen LogP contribution in [0.5, 0.6) is 5.75 Å². The van der Waals surface area contributed by atoms with Crippen molar-refractivity contribution in [2.45, 2.75) is 26.4 Å². The Labute approximate surface area is 112 Å². The summed E-state index contributed by atoms with van der Waals surface area (Å²) in [6, 6.07) is 3.01. The predicted octanol–water partition coefficient (Wildman–Crippen LogP) is 2.91. The fraction of sp³-hybridized carbons (Fsp3) is 0.364. The van der Waals surface area contributed by atoms with Gasteiger partial charge in [-0.15, -0.1) is 0 Å². The molecule has 7 heteroatoms. The number of nitro groups is 1. The lowest BCUT2D eigenvalue weighted by molar-refractivity contribution is -0.386. The van der Waals surface area contributed by atoms with Gasteiger partial charge in [-0.1, -0.05) is 15.9 Å². The molecule has 0 heterocycles. The van der Waals surface area contributed by atoms with Crippen molar-refractivity contribution in [3.05, 3.63) is 32.3 Å². The van der Waals surface area contributed by atoms with Crippen molar-refractivity contribution in [2.75, 3.05) is 0 Å². The smallest absolute Gasteiger partial charge is 0.312 e. The van der Waals surface area contributed by atoms with Crippen molar-refractivity contribution < 1.29 is 19.6 Å². The number of carbonyl (C=O) groups is 1. The molecule has 1 rings (SSSR count). The van der Waals surface area contributed by atoms with Crippen LogP contribution >= 0.6 is 15.9 Å². The fourth-order valence-corrected chi connectivity index (χ4v) is 2.05. The highest BCUT2D eigenvalue weighted by molar-refractivity contribution is 9.10. The average molecular weight is 318 g/mol. The van der Waals surface area contributed by atoms with Gasteiger partial charge in [-0.05, 0) is 25.5 Å². The molecule has 0 saturated heterocycles. The SMILES string of the molecule is Cc1cc(Br)cc([N+](=O)[O-])c1O[C@@H](C)CC(=O)O. The molecule has 0 aliphatic rings. The number of rotatable bonds is 5. The minimum absolute atomic E-state index is 0.108. The summed E-state index contributed by atoms with van der Waals surface area (Å²) < 4.78 is 5.93. The van der Waals surface area contributed by atoms with Crippen molar-refractivity contribution >= 4 is 27.6 Å². The Morgan fingerprint density at radius 2 is 2.22 bits per heavy atom. The molecule has 1 aromatic rings. The summed E-state index contributed by atoms with van der Waals surface area (Å²) in [5.41, 5.74) is 0.396. The Bertz CT molecular complexity index is 489. The number of carboxylic acid groups (broad SMARTS) is 1. The van der Waals surface area contributed by atoms with E-state index in [9.17, 15) is 14.9 Å². The molecule has 0 fully saturated rings. The minimum atomic E-state index is -1.01. The van der Waals surface area contributed by atoms with E-state index < -0.39 is 17.0 Å². The molecule has 0 spiro atoms. The highest BCUT2D eigenvalue weighted by atomic mass is 79.9. The summed E-state index contributed by atoms with van der Waals surface area (Å²) >= 11 is 3.17. The largest absolute Gasteiger partial charge is 0.483 e. The molecule has 6 nitrogen and oxygen atoms in total. The maximum Gasteiger partial charge on any atom is 0.312 e. The van der Waals surface area contributed by atoms with E-state index >= 15 is 0 Å². The second-order valence-electron chi connectivity index (χ2n) is 3.85. The standard InChI is InChI=1S/C11H12BrNO5/c1-6-3-8(12)5-9(13(16)17)11(6)18-7(2)4-10(14)15/h3,5,7H,4H2,1-2H3,(H,14,15)/t7-/m0/s1. The Balaban J connectivity index is 3.07. The van der Waals surface area contributed by atoms with Gasteiger partial charge in [0, 0.05) is 10.5 Å². The maximum absolute atomic E-state index is 10.9. The quantitative estimate of drug-likeness (QED) is 0.666.